The first-order valence-electron chi connectivity index (χ1n) is 11.4. The number of amides is 2. The third kappa shape index (κ3) is 5.11. The quantitative estimate of drug-likeness (QED) is 0.495. The molecule has 1 aliphatic rings. The number of rotatable bonds is 5. The van der Waals surface area contributed by atoms with Crippen molar-refractivity contribution in [1.82, 2.24) is 9.97 Å². The first kappa shape index (κ1) is 23.0. The fourth-order valence-corrected chi connectivity index (χ4v) is 5.01. The third-order valence-corrected chi connectivity index (χ3v) is 7.18. The zero-order valence-electron chi connectivity index (χ0n) is 19.8. The van der Waals surface area contributed by atoms with Gasteiger partial charge in [0.25, 0.3) is 0 Å². The van der Waals surface area contributed by atoms with Gasteiger partial charge in [-0.3, -0.25) is 10.2 Å². The van der Waals surface area contributed by atoms with E-state index in [9.17, 15) is 4.79 Å². The zero-order valence-corrected chi connectivity index (χ0v) is 20.6. The number of nitrogens with one attached hydrogen (secondary N) is 1. The first-order valence-corrected chi connectivity index (χ1v) is 12.2. The number of nitrogens with zero attached hydrogens (tertiary/aromatic N) is 4. The Morgan fingerprint density at radius 3 is 2.52 bits per heavy atom. The number of benzene rings is 1. The van der Waals surface area contributed by atoms with E-state index in [1.54, 1.807) is 4.90 Å². The molecule has 3 aromatic rings. The summed E-state index contributed by atoms with van der Waals surface area (Å²) in [6.45, 7) is 3.96. The SMILES string of the molecule is Cc1nc(NC(=O)N(c2nc(-c3cccc(N(C)C)c3)ccc2N)C2CCCCC2)sc1C. The summed E-state index contributed by atoms with van der Waals surface area (Å²) in [6, 6.07) is 11.8. The van der Waals surface area contributed by atoms with Crippen LogP contribution in [0.4, 0.5) is 27.1 Å². The van der Waals surface area contributed by atoms with Crippen LogP contribution >= 0.6 is 11.3 Å². The van der Waals surface area contributed by atoms with Crippen molar-refractivity contribution in [1.29, 1.82) is 0 Å². The maximum atomic E-state index is 13.6. The lowest BCUT2D eigenvalue weighted by Gasteiger charge is -2.34. The van der Waals surface area contributed by atoms with Gasteiger partial charge in [0, 0.05) is 36.3 Å². The molecule has 0 spiro atoms. The number of aromatic nitrogens is 2. The number of nitrogens with two attached hydrogens (primary N) is 1. The van der Waals surface area contributed by atoms with Crippen LogP contribution in [-0.2, 0) is 0 Å². The fraction of sp³-hybridized carbons (Fsp3) is 0.400. The van der Waals surface area contributed by atoms with Gasteiger partial charge in [0.15, 0.2) is 10.9 Å². The van der Waals surface area contributed by atoms with Gasteiger partial charge in [0.2, 0.25) is 0 Å². The summed E-state index contributed by atoms with van der Waals surface area (Å²) in [7, 11) is 4.02. The zero-order chi connectivity index (χ0) is 23.5. The Balaban J connectivity index is 1.72. The minimum Gasteiger partial charge on any atom is -0.396 e. The number of pyridine rings is 1. The Labute approximate surface area is 199 Å². The number of hydrogen-bond acceptors (Lipinski definition) is 6. The van der Waals surface area contributed by atoms with Gasteiger partial charge in [-0.2, -0.15) is 0 Å². The Kier molecular flexibility index (Phi) is 6.83. The summed E-state index contributed by atoms with van der Waals surface area (Å²) in [6.07, 6.45) is 5.25. The molecule has 8 heteroatoms. The average Bonchev–Trinajstić information content (AvgIpc) is 3.12. The summed E-state index contributed by atoms with van der Waals surface area (Å²) >= 11 is 1.48. The average molecular weight is 465 g/mol. The molecule has 174 valence electrons. The lowest BCUT2D eigenvalue weighted by atomic mass is 9.94. The number of hydrogen-bond donors (Lipinski definition) is 2. The second kappa shape index (κ2) is 9.79. The first-order chi connectivity index (χ1) is 15.8. The Bertz CT molecular complexity index is 1120. The topological polar surface area (TPSA) is 87.4 Å². The molecule has 1 aromatic carbocycles. The van der Waals surface area contributed by atoms with Gasteiger partial charge >= 0.3 is 6.03 Å². The lowest BCUT2D eigenvalue weighted by molar-refractivity contribution is 0.252. The van der Waals surface area contributed by atoms with Crippen LogP contribution in [0, 0.1) is 13.8 Å². The molecule has 3 N–H and O–H groups in total. The molecule has 2 amide bonds. The standard InChI is InChI=1S/C25H32N6OS/c1-16-17(2)33-24(27-16)29-25(32)31(19-10-6-5-7-11-19)23-21(26)13-14-22(28-23)18-9-8-12-20(15-18)30(3)4/h8-9,12-15,19H,5-7,10-11,26H2,1-4H3,(H,27,29,32). The monoisotopic (exact) mass is 464 g/mol. The molecule has 7 nitrogen and oxygen atoms in total. The predicted octanol–water partition coefficient (Wildman–Crippen LogP) is 5.84. The Morgan fingerprint density at radius 1 is 1.09 bits per heavy atom. The van der Waals surface area contributed by atoms with E-state index in [0.717, 1.165) is 53.2 Å². The second-order valence-electron chi connectivity index (χ2n) is 8.81. The van der Waals surface area contributed by atoms with Crippen molar-refractivity contribution < 1.29 is 4.79 Å². The van der Waals surface area contributed by atoms with Crippen molar-refractivity contribution in [3.63, 3.8) is 0 Å². The van der Waals surface area contributed by atoms with E-state index in [4.69, 9.17) is 10.7 Å². The molecule has 0 radical (unpaired) electrons. The number of anilines is 4. The van der Waals surface area contributed by atoms with Gasteiger partial charge in [-0.1, -0.05) is 31.4 Å². The number of nitrogen functional groups attached to an aromatic ring is 1. The molecular weight excluding hydrogens is 432 g/mol. The van der Waals surface area contributed by atoms with E-state index in [0.29, 0.717) is 16.6 Å². The van der Waals surface area contributed by atoms with Gasteiger partial charge < -0.3 is 10.6 Å². The van der Waals surface area contributed by atoms with E-state index in [-0.39, 0.29) is 12.1 Å². The van der Waals surface area contributed by atoms with Crippen molar-refractivity contribution in [2.24, 2.45) is 0 Å². The van der Waals surface area contributed by atoms with Crippen LogP contribution in [0.5, 0.6) is 0 Å². The summed E-state index contributed by atoms with van der Waals surface area (Å²) in [5.74, 6) is 0.511. The normalized spacial score (nSPS) is 14.2. The highest BCUT2D eigenvalue weighted by atomic mass is 32.1. The van der Waals surface area contributed by atoms with Crippen molar-refractivity contribution in [3.05, 3.63) is 47.0 Å². The number of carbonyl (C=O) groups excluding carboxylic acids is 1. The minimum absolute atomic E-state index is 0.0547. The van der Waals surface area contributed by atoms with E-state index < -0.39 is 0 Å². The second-order valence-corrected chi connectivity index (χ2v) is 10.0. The molecule has 0 bridgehead atoms. The number of urea groups is 1. The molecule has 0 aliphatic heterocycles. The van der Waals surface area contributed by atoms with E-state index in [2.05, 4.69) is 27.3 Å². The van der Waals surface area contributed by atoms with Crippen LogP contribution in [0.2, 0.25) is 0 Å². The molecule has 4 rings (SSSR count). The number of thiazole rings is 1. The van der Waals surface area contributed by atoms with Crippen LogP contribution in [0.3, 0.4) is 0 Å². The summed E-state index contributed by atoms with van der Waals surface area (Å²) < 4.78 is 0. The van der Waals surface area contributed by atoms with Gasteiger partial charge in [-0.15, -0.1) is 11.3 Å². The molecule has 0 atom stereocenters. The van der Waals surface area contributed by atoms with Gasteiger partial charge in [-0.25, -0.2) is 14.8 Å². The van der Waals surface area contributed by atoms with Crippen molar-refractivity contribution in [2.75, 3.05) is 34.9 Å². The highest BCUT2D eigenvalue weighted by Gasteiger charge is 2.30. The fourth-order valence-electron chi connectivity index (χ4n) is 4.21. The largest absolute Gasteiger partial charge is 0.396 e. The maximum absolute atomic E-state index is 13.6. The molecule has 2 heterocycles. The molecule has 0 unspecified atom stereocenters. The van der Waals surface area contributed by atoms with E-state index in [1.165, 1.54) is 17.8 Å². The van der Waals surface area contributed by atoms with Gasteiger partial charge in [0.05, 0.1) is 17.1 Å². The smallest absolute Gasteiger partial charge is 0.329 e. The molecule has 0 saturated heterocycles. The lowest BCUT2D eigenvalue weighted by Crippen LogP contribution is -2.45. The van der Waals surface area contributed by atoms with Crippen LogP contribution < -0.4 is 20.9 Å². The molecular formula is C25H32N6OS. The summed E-state index contributed by atoms with van der Waals surface area (Å²) in [5, 5.41) is 3.60. The molecule has 33 heavy (non-hydrogen) atoms. The predicted molar refractivity (Wildman–Crippen MR) is 138 cm³/mol. The molecule has 1 fully saturated rings. The summed E-state index contributed by atoms with van der Waals surface area (Å²) in [4.78, 5) is 27.9. The maximum Gasteiger partial charge on any atom is 0.329 e. The van der Waals surface area contributed by atoms with Gasteiger partial charge in [0.1, 0.15) is 0 Å². The van der Waals surface area contributed by atoms with E-state index in [1.807, 2.05) is 52.2 Å². The third-order valence-electron chi connectivity index (χ3n) is 6.19. The highest BCUT2D eigenvalue weighted by Crippen LogP contribution is 2.33. The molecule has 2 aromatic heterocycles. The van der Waals surface area contributed by atoms with Crippen molar-refractivity contribution >= 4 is 39.7 Å². The number of aryl methyl sites for hydroxylation is 2. The van der Waals surface area contributed by atoms with Crippen LogP contribution in [0.25, 0.3) is 11.3 Å². The minimum atomic E-state index is -0.228. The van der Waals surface area contributed by atoms with Crippen molar-refractivity contribution in [2.45, 2.75) is 52.0 Å². The van der Waals surface area contributed by atoms with Gasteiger partial charge in [-0.05, 0) is 51.0 Å². The Hall–Kier alpha value is -3.13. The van der Waals surface area contributed by atoms with Crippen LogP contribution in [0.15, 0.2) is 36.4 Å². The van der Waals surface area contributed by atoms with E-state index >= 15 is 0 Å². The van der Waals surface area contributed by atoms with Crippen LogP contribution in [-0.4, -0.2) is 36.1 Å². The molecule has 1 aliphatic carbocycles. The molecule has 1 saturated carbocycles. The van der Waals surface area contributed by atoms with Crippen LogP contribution in [0.1, 0.15) is 42.7 Å². The highest BCUT2D eigenvalue weighted by molar-refractivity contribution is 7.15. The van der Waals surface area contributed by atoms with Crippen molar-refractivity contribution in [3.8, 4) is 11.3 Å². The Morgan fingerprint density at radius 2 is 1.85 bits per heavy atom. The summed E-state index contributed by atoms with van der Waals surface area (Å²) in [5.41, 5.74) is 10.7. The number of carbonyl (C=O) groups is 1.